The van der Waals surface area contributed by atoms with Gasteiger partial charge in [0.1, 0.15) is 11.2 Å². The molecular formula is C51H29N3OS. The van der Waals surface area contributed by atoms with Crippen LogP contribution in [-0.4, -0.2) is 15.0 Å². The van der Waals surface area contributed by atoms with E-state index in [1.807, 2.05) is 6.07 Å². The number of rotatable bonds is 4. The predicted octanol–water partition coefficient (Wildman–Crippen LogP) is 14.3. The second kappa shape index (κ2) is 12.2. The minimum absolute atomic E-state index is 0.633. The van der Waals surface area contributed by atoms with Crippen molar-refractivity contribution in [1.82, 2.24) is 15.0 Å². The summed E-state index contributed by atoms with van der Waals surface area (Å²) in [4.78, 5) is 16.0. The van der Waals surface area contributed by atoms with Crippen molar-refractivity contribution in [2.24, 2.45) is 0 Å². The number of furan rings is 1. The highest BCUT2D eigenvalue weighted by Crippen LogP contribution is 2.45. The fraction of sp³-hybridized carbons (Fsp3) is 0. The Kier molecular flexibility index (Phi) is 6.76. The Bertz CT molecular complexity index is 3560. The molecule has 0 radical (unpaired) electrons. The first kappa shape index (κ1) is 31.2. The summed E-state index contributed by atoms with van der Waals surface area (Å²) in [5.41, 5.74) is 6.98. The van der Waals surface area contributed by atoms with E-state index in [9.17, 15) is 0 Å². The van der Waals surface area contributed by atoms with Gasteiger partial charge in [-0.1, -0.05) is 152 Å². The molecule has 0 bridgehead atoms. The Labute approximate surface area is 325 Å². The maximum Gasteiger partial charge on any atom is 0.164 e. The average Bonchev–Trinajstić information content (AvgIpc) is 3.83. The summed E-state index contributed by atoms with van der Waals surface area (Å²) >= 11 is 1.80. The molecule has 260 valence electrons. The molecule has 0 unspecified atom stereocenters. The third-order valence-corrected chi connectivity index (χ3v) is 12.3. The smallest absolute Gasteiger partial charge is 0.164 e. The monoisotopic (exact) mass is 731 g/mol. The van der Waals surface area contributed by atoms with Crippen molar-refractivity contribution in [3.63, 3.8) is 0 Å². The van der Waals surface area contributed by atoms with Gasteiger partial charge in [0.25, 0.3) is 0 Å². The van der Waals surface area contributed by atoms with Crippen molar-refractivity contribution in [2.45, 2.75) is 0 Å². The van der Waals surface area contributed by atoms with Crippen LogP contribution in [0.5, 0.6) is 0 Å². The largest absolute Gasteiger partial charge is 0.456 e. The van der Waals surface area contributed by atoms with E-state index in [0.29, 0.717) is 17.5 Å². The van der Waals surface area contributed by atoms with E-state index in [1.165, 1.54) is 25.6 Å². The lowest BCUT2D eigenvalue weighted by Gasteiger charge is -2.15. The number of nitrogens with zero attached hydrogens (tertiary/aromatic N) is 3. The van der Waals surface area contributed by atoms with Crippen molar-refractivity contribution >= 4 is 85.8 Å². The second-order valence-corrected chi connectivity index (χ2v) is 15.3. The predicted molar refractivity (Wildman–Crippen MR) is 234 cm³/mol. The first-order valence-electron chi connectivity index (χ1n) is 18.8. The van der Waals surface area contributed by atoms with E-state index in [2.05, 4.69) is 170 Å². The van der Waals surface area contributed by atoms with Crippen LogP contribution in [0.3, 0.4) is 0 Å². The zero-order valence-electron chi connectivity index (χ0n) is 29.9. The van der Waals surface area contributed by atoms with Crippen LogP contribution in [0.25, 0.3) is 120 Å². The highest BCUT2D eigenvalue weighted by Gasteiger charge is 2.21. The minimum Gasteiger partial charge on any atom is -0.456 e. The van der Waals surface area contributed by atoms with Crippen LogP contribution >= 0.6 is 11.3 Å². The van der Waals surface area contributed by atoms with Crippen LogP contribution in [0.4, 0.5) is 0 Å². The van der Waals surface area contributed by atoms with Gasteiger partial charge in [0.15, 0.2) is 17.5 Å². The number of fused-ring (bicyclic) bond motifs is 9. The summed E-state index contributed by atoms with van der Waals surface area (Å²) in [5.74, 6) is 1.93. The molecule has 0 saturated heterocycles. The molecule has 0 aliphatic carbocycles. The maximum atomic E-state index is 6.49. The van der Waals surface area contributed by atoms with Gasteiger partial charge in [-0.05, 0) is 62.1 Å². The first-order chi connectivity index (χ1) is 27.8. The third-order valence-electron chi connectivity index (χ3n) is 11.1. The van der Waals surface area contributed by atoms with Gasteiger partial charge in [-0.2, -0.15) is 0 Å². The summed E-state index contributed by atoms with van der Waals surface area (Å²) in [7, 11) is 0. The lowest BCUT2D eigenvalue weighted by molar-refractivity contribution is 0.669. The summed E-state index contributed by atoms with van der Waals surface area (Å²) < 4.78 is 8.95. The highest BCUT2D eigenvalue weighted by molar-refractivity contribution is 7.25. The van der Waals surface area contributed by atoms with Crippen molar-refractivity contribution in [3.8, 4) is 45.3 Å². The number of benzene rings is 9. The zero-order chi connectivity index (χ0) is 36.7. The molecule has 0 spiro atoms. The first-order valence-corrected chi connectivity index (χ1v) is 19.6. The van der Waals surface area contributed by atoms with Crippen molar-refractivity contribution < 1.29 is 4.42 Å². The zero-order valence-corrected chi connectivity index (χ0v) is 30.7. The number of hydrogen-bond acceptors (Lipinski definition) is 5. The molecule has 5 heteroatoms. The highest BCUT2D eigenvalue weighted by atomic mass is 32.1. The van der Waals surface area contributed by atoms with E-state index in [-0.39, 0.29) is 0 Å². The van der Waals surface area contributed by atoms with Crippen LogP contribution in [0.2, 0.25) is 0 Å². The molecule has 9 aromatic carbocycles. The van der Waals surface area contributed by atoms with Gasteiger partial charge in [-0.15, -0.1) is 11.3 Å². The van der Waals surface area contributed by atoms with Gasteiger partial charge < -0.3 is 4.42 Å². The normalized spacial score (nSPS) is 11.9. The van der Waals surface area contributed by atoms with Crippen LogP contribution < -0.4 is 0 Å². The average molecular weight is 732 g/mol. The molecule has 0 N–H and O–H groups in total. The van der Waals surface area contributed by atoms with Gasteiger partial charge in [0.2, 0.25) is 0 Å². The van der Waals surface area contributed by atoms with Crippen molar-refractivity contribution in [2.75, 3.05) is 0 Å². The number of para-hydroxylation sites is 1. The molecule has 3 heterocycles. The summed E-state index contributed by atoms with van der Waals surface area (Å²) in [6, 6.07) is 62.0. The Morgan fingerprint density at radius 2 is 0.857 bits per heavy atom. The lowest BCUT2D eigenvalue weighted by atomic mass is 9.89. The molecule has 4 nitrogen and oxygen atoms in total. The summed E-state index contributed by atoms with van der Waals surface area (Å²) in [6.45, 7) is 0. The molecule has 0 saturated carbocycles. The van der Waals surface area contributed by atoms with Crippen LogP contribution in [-0.2, 0) is 0 Å². The van der Waals surface area contributed by atoms with Gasteiger partial charge >= 0.3 is 0 Å². The minimum atomic E-state index is 0.633. The Hall–Kier alpha value is -7.21. The SMILES string of the molecule is c1ccc2c(-c3nc(-c4cccc5c(-c6c7ccccc7cc7oc8ccccc8c67)cccc45)nc(-c4cccc5sc6ccccc6c45)n3)cccc2c1. The van der Waals surface area contributed by atoms with Crippen molar-refractivity contribution in [3.05, 3.63) is 176 Å². The maximum absolute atomic E-state index is 6.49. The van der Waals surface area contributed by atoms with Crippen LogP contribution in [0.1, 0.15) is 0 Å². The van der Waals surface area contributed by atoms with Gasteiger partial charge in [0.05, 0.1) is 0 Å². The van der Waals surface area contributed by atoms with Gasteiger partial charge in [-0.25, -0.2) is 15.0 Å². The fourth-order valence-electron chi connectivity index (χ4n) is 8.67. The van der Waals surface area contributed by atoms with E-state index < -0.39 is 0 Å². The Morgan fingerprint density at radius 1 is 0.339 bits per heavy atom. The van der Waals surface area contributed by atoms with Crippen molar-refractivity contribution in [1.29, 1.82) is 0 Å². The number of aromatic nitrogens is 3. The Morgan fingerprint density at radius 3 is 1.68 bits per heavy atom. The summed E-state index contributed by atoms with van der Waals surface area (Å²) in [6.07, 6.45) is 0. The Balaban J connectivity index is 1.15. The molecule has 12 aromatic rings. The molecule has 0 fully saturated rings. The summed E-state index contributed by atoms with van der Waals surface area (Å²) in [5, 5.41) is 11.4. The van der Waals surface area contributed by atoms with E-state index in [4.69, 9.17) is 19.4 Å². The quantitative estimate of drug-likeness (QED) is 0.181. The number of thiophene rings is 1. The molecule has 0 aliphatic rings. The molecular weight excluding hydrogens is 703 g/mol. The fourth-order valence-corrected chi connectivity index (χ4v) is 9.80. The van der Waals surface area contributed by atoms with Crippen LogP contribution in [0.15, 0.2) is 180 Å². The van der Waals surface area contributed by atoms with E-state index in [0.717, 1.165) is 76.7 Å². The number of hydrogen-bond donors (Lipinski definition) is 0. The van der Waals surface area contributed by atoms with Gasteiger partial charge in [-0.3, -0.25) is 0 Å². The molecule has 0 atom stereocenters. The van der Waals surface area contributed by atoms with E-state index >= 15 is 0 Å². The van der Waals surface area contributed by atoms with E-state index in [1.54, 1.807) is 11.3 Å². The second-order valence-electron chi connectivity index (χ2n) is 14.3. The molecule has 12 rings (SSSR count). The lowest BCUT2D eigenvalue weighted by Crippen LogP contribution is -2.01. The van der Waals surface area contributed by atoms with Gasteiger partial charge in [0, 0.05) is 53.2 Å². The molecule has 0 amide bonds. The standard InChI is InChI=1S/C51H29N3OS/c1-3-16-32-30(13-1)15-9-23-37(32)49-52-50(54-51(53-49)41-25-12-28-45-46(41)40-19-6-8-27-44(40)56-45)38-24-11-20-34-35(38)21-10-22-36(34)47-33-17-4-2-14-31(33)29-43-48(47)39-18-5-7-26-42(39)55-43/h1-29H. The molecule has 0 aliphatic heterocycles. The van der Waals surface area contributed by atoms with Crippen LogP contribution in [0, 0.1) is 0 Å². The molecule has 56 heavy (non-hydrogen) atoms. The molecule has 3 aromatic heterocycles. The third kappa shape index (κ3) is 4.68. The topological polar surface area (TPSA) is 51.8 Å².